The molecular weight excluding hydrogens is 280 g/mol. The van der Waals surface area contributed by atoms with Crippen LogP contribution in [0.5, 0.6) is 0 Å². The Labute approximate surface area is 131 Å². The number of benzene rings is 1. The van der Waals surface area contributed by atoms with Gasteiger partial charge in [-0.2, -0.15) is 5.10 Å². The van der Waals surface area contributed by atoms with Crippen molar-refractivity contribution in [2.24, 2.45) is 0 Å². The Morgan fingerprint density at radius 1 is 1.24 bits per heavy atom. The van der Waals surface area contributed by atoms with Crippen LogP contribution >= 0.6 is 11.8 Å². The quantitative estimate of drug-likeness (QED) is 0.795. The lowest BCUT2D eigenvalue weighted by Crippen LogP contribution is -2.21. The Balaban J connectivity index is 2.14. The number of nitrogens with one attached hydrogen (secondary N) is 1. The fourth-order valence-corrected chi connectivity index (χ4v) is 3.05. The molecular formula is C16H24N4S. The zero-order valence-corrected chi connectivity index (χ0v) is 14.0. The van der Waals surface area contributed by atoms with Crippen molar-refractivity contribution >= 4 is 11.8 Å². The summed E-state index contributed by atoms with van der Waals surface area (Å²) in [5.41, 5.74) is 1.29. The Morgan fingerprint density at radius 3 is 2.52 bits per heavy atom. The molecule has 0 saturated carbocycles. The van der Waals surface area contributed by atoms with Gasteiger partial charge in [0.05, 0.1) is 0 Å². The minimum Gasteiger partial charge on any atom is -0.313 e. The van der Waals surface area contributed by atoms with Crippen LogP contribution in [0.1, 0.15) is 44.2 Å². The summed E-state index contributed by atoms with van der Waals surface area (Å²) in [5.74, 6) is 2.13. The van der Waals surface area contributed by atoms with E-state index >= 15 is 0 Å². The minimum atomic E-state index is 0.257. The molecule has 1 heterocycles. The molecule has 1 aromatic heterocycles. The van der Waals surface area contributed by atoms with Gasteiger partial charge in [0, 0.05) is 23.4 Å². The summed E-state index contributed by atoms with van der Waals surface area (Å²) in [6.45, 7) is 6.43. The van der Waals surface area contributed by atoms with E-state index < -0.39 is 0 Å². The minimum absolute atomic E-state index is 0.257. The largest absolute Gasteiger partial charge is 0.313 e. The second-order valence-corrected chi connectivity index (χ2v) is 6.60. The number of nitrogens with zero attached hydrogens (tertiary/aromatic N) is 3. The van der Waals surface area contributed by atoms with Crippen LogP contribution in [0, 0.1) is 0 Å². The summed E-state index contributed by atoms with van der Waals surface area (Å²) in [7, 11) is 2.00. The van der Waals surface area contributed by atoms with Gasteiger partial charge >= 0.3 is 0 Å². The molecule has 1 N–H and O–H groups in total. The third-order valence-corrected chi connectivity index (χ3v) is 4.36. The second-order valence-electron chi connectivity index (χ2n) is 5.26. The van der Waals surface area contributed by atoms with E-state index in [1.54, 1.807) is 6.33 Å². The molecule has 0 aliphatic heterocycles. The monoisotopic (exact) mass is 304 g/mol. The fraction of sp³-hybridized carbons (Fsp3) is 0.500. The Bertz CT molecular complexity index is 548. The average Bonchev–Trinajstić information content (AvgIpc) is 2.94. The highest BCUT2D eigenvalue weighted by Crippen LogP contribution is 2.23. The first kappa shape index (κ1) is 16.0. The molecule has 0 aliphatic carbocycles. The predicted octanol–water partition coefficient (Wildman–Crippen LogP) is 3.47. The maximum absolute atomic E-state index is 4.41. The summed E-state index contributed by atoms with van der Waals surface area (Å²) < 4.78 is 1.99. The van der Waals surface area contributed by atoms with E-state index in [0.717, 1.165) is 18.0 Å². The second kappa shape index (κ2) is 7.61. The molecule has 2 aromatic rings. The molecule has 0 amide bonds. The summed E-state index contributed by atoms with van der Waals surface area (Å²) in [6.07, 6.45) is 2.48. The topological polar surface area (TPSA) is 42.7 Å². The maximum atomic E-state index is 4.41. The molecule has 1 atom stereocenters. The number of hydrogen-bond donors (Lipinski definition) is 1. The van der Waals surface area contributed by atoms with Gasteiger partial charge in [0.15, 0.2) is 0 Å². The van der Waals surface area contributed by atoms with Gasteiger partial charge in [0.25, 0.3) is 0 Å². The van der Waals surface area contributed by atoms with Crippen molar-refractivity contribution in [2.45, 2.75) is 44.2 Å². The van der Waals surface area contributed by atoms with Gasteiger partial charge < -0.3 is 5.32 Å². The molecule has 114 valence electrons. The highest BCUT2D eigenvalue weighted by molar-refractivity contribution is 7.99. The zero-order chi connectivity index (χ0) is 15.2. The van der Waals surface area contributed by atoms with Crippen LogP contribution in [-0.4, -0.2) is 27.6 Å². The van der Waals surface area contributed by atoms with E-state index in [0.29, 0.717) is 6.04 Å². The predicted molar refractivity (Wildman–Crippen MR) is 88.8 cm³/mol. The number of rotatable bonds is 7. The molecule has 1 aromatic carbocycles. The molecule has 0 saturated heterocycles. The standard InChI is InChI=1S/C16H24N4S/c1-5-21-14-8-6-13(7-9-14)15(17-4)10-16-18-11-19-20(16)12(2)3/h6-9,11-12,15,17H,5,10H2,1-4H3. The van der Waals surface area contributed by atoms with E-state index in [2.05, 4.69) is 60.4 Å². The van der Waals surface area contributed by atoms with Gasteiger partial charge in [-0.05, 0) is 44.3 Å². The third-order valence-electron chi connectivity index (χ3n) is 3.47. The van der Waals surface area contributed by atoms with Crippen molar-refractivity contribution in [3.05, 3.63) is 42.0 Å². The number of aromatic nitrogens is 3. The summed E-state index contributed by atoms with van der Waals surface area (Å²) >= 11 is 1.87. The average molecular weight is 304 g/mol. The number of thioether (sulfide) groups is 1. The van der Waals surface area contributed by atoms with Crippen molar-refractivity contribution in [2.75, 3.05) is 12.8 Å². The van der Waals surface area contributed by atoms with Crippen molar-refractivity contribution in [1.82, 2.24) is 20.1 Å². The molecule has 5 heteroatoms. The molecule has 1 unspecified atom stereocenters. The van der Waals surface area contributed by atoms with Gasteiger partial charge in [-0.15, -0.1) is 11.8 Å². The first-order valence-electron chi connectivity index (χ1n) is 7.44. The van der Waals surface area contributed by atoms with Crippen LogP contribution < -0.4 is 5.32 Å². The van der Waals surface area contributed by atoms with Crippen LogP contribution in [0.15, 0.2) is 35.5 Å². The van der Waals surface area contributed by atoms with Gasteiger partial charge in [-0.25, -0.2) is 9.67 Å². The smallest absolute Gasteiger partial charge is 0.138 e. The molecule has 0 fully saturated rings. The van der Waals surface area contributed by atoms with Crippen LogP contribution in [0.2, 0.25) is 0 Å². The van der Waals surface area contributed by atoms with Crippen LogP contribution in [0.25, 0.3) is 0 Å². The maximum Gasteiger partial charge on any atom is 0.138 e. The van der Waals surface area contributed by atoms with Crippen LogP contribution in [0.3, 0.4) is 0 Å². The Morgan fingerprint density at radius 2 is 1.95 bits per heavy atom. The van der Waals surface area contributed by atoms with E-state index in [4.69, 9.17) is 0 Å². The number of likely N-dealkylation sites (N-methyl/N-ethyl adjacent to an activating group) is 1. The lowest BCUT2D eigenvalue weighted by atomic mass is 10.0. The first-order chi connectivity index (χ1) is 10.2. The van der Waals surface area contributed by atoms with Gasteiger partial charge in [0.2, 0.25) is 0 Å². The summed E-state index contributed by atoms with van der Waals surface area (Å²) in [6, 6.07) is 9.39. The van der Waals surface area contributed by atoms with E-state index in [9.17, 15) is 0 Å². The summed E-state index contributed by atoms with van der Waals surface area (Å²) in [4.78, 5) is 5.73. The molecule has 0 radical (unpaired) electrons. The Kier molecular flexibility index (Phi) is 5.82. The highest BCUT2D eigenvalue weighted by Gasteiger charge is 2.15. The van der Waals surface area contributed by atoms with Crippen molar-refractivity contribution < 1.29 is 0 Å². The van der Waals surface area contributed by atoms with Crippen LogP contribution in [0.4, 0.5) is 0 Å². The molecule has 4 nitrogen and oxygen atoms in total. The van der Waals surface area contributed by atoms with Crippen LogP contribution in [-0.2, 0) is 6.42 Å². The van der Waals surface area contributed by atoms with Gasteiger partial charge in [0.1, 0.15) is 12.2 Å². The lowest BCUT2D eigenvalue weighted by Gasteiger charge is -2.18. The van der Waals surface area contributed by atoms with Gasteiger partial charge in [-0.3, -0.25) is 0 Å². The van der Waals surface area contributed by atoms with Crippen molar-refractivity contribution in [3.63, 3.8) is 0 Å². The Hall–Kier alpha value is -1.33. The van der Waals surface area contributed by atoms with E-state index in [-0.39, 0.29) is 6.04 Å². The summed E-state index contributed by atoms with van der Waals surface area (Å²) in [5, 5.41) is 7.70. The molecule has 0 spiro atoms. The highest BCUT2D eigenvalue weighted by atomic mass is 32.2. The van der Waals surface area contributed by atoms with Crippen molar-refractivity contribution in [1.29, 1.82) is 0 Å². The van der Waals surface area contributed by atoms with E-state index in [1.807, 2.05) is 23.5 Å². The molecule has 2 rings (SSSR count). The third kappa shape index (κ3) is 4.08. The van der Waals surface area contributed by atoms with E-state index in [1.165, 1.54) is 10.5 Å². The molecule has 0 bridgehead atoms. The van der Waals surface area contributed by atoms with Crippen molar-refractivity contribution in [3.8, 4) is 0 Å². The normalized spacial score (nSPS) is 12.8. The first-order valence-corrected chi connectivity index (χ1v) is 8.42. The molecule has 0 aliphatic rings. The fourth-order valence-electron chi connectivity index (χ4n) is 2.38. The van der Waals surface area contributed by atoms with Gasteiger partial charge in [-0.1, -0.05) is 19.1 Å². The molecule has 21 heavy (non-hydrogen) atoms. The number of hydrogen-bond acceptors (Lipinski definition) is 4. The SMILES string of the molecule is CCSc1ccc(C(Cc2ncnn2C(C)C)NC)cc1. The zero-order valence-electron chi connectivity index (χ0n) is 13.2. The lowest BCUT2D eigenvalue weighted by molar-refractivity contribution is 0.478.